The van der Waals surface area contributed by atoms with E-state index in [-0.39, 0.29) is 11.8 Å². The quantitative estimate of drug-likeness (QED) is 0.826. The molecule has 1 N–H and O–H groups in total. The van der Waals surface area contributed by atoms with Gasteiger partial charge in [-0.1, -0.05) is 25.4 Å². The molecule has 0 heterocycles. The minimum absolute atomic E-state index is 0.163. The largest absolute Gasteiger partial charge is 0.493 e. The number of ether oxygens (including phenoxy) is 1. The van der Waals surface area contributed by atoms with Crippen LogP contribution in [-0.2, 0) is 11.2 Å². The van der Waals surface area contributed by atoms with Gasteiger partial charge in [0.05, 0.1) is 12.5 Å². The molecular formula is C16H21ClO3. The summed E-state index contributed by atoms with van der Waals surface area (Å²) in [6.45, 7) is 4.86. The zero-order valence-electron chi connectivity index (χ0n) is 11.9. The maximum absolute atomic E-state index is 10.9. The third kappa shape index (κ3) is 3.66. The molecule has 0 aliphatic heterocycles. The summed E-state index contributed by atoms with van der Waals surface area (Å²) in [6.07, 6.45) is 2.57. The van der Waals surface area contributed by atoms with Crippen LogP contribution in [0.4, 0.5) is 0 Å². The fraction of sp³-hybridized carbons (Fsp3) is 0.562. The molecule has 4 heteroatoms. The van der Waals surface area contributed by atoms with E-state index >= 15 is 0 Å². The van der Waals surface area contributed by atoms with Gasteiger partial charge in [-0.3, -0.25) is 4.79 Å². The number of carbonyl (C=O) groups is 1. The maximum Gasteiger partial charge on any atom is 0.306 e. The van der Waals surface area contributed by atoms with E-state index < -0.39 is 5.97 Å². The van der Waals surface area contributed by atoms with Crippen LogP contribution >= 0.6 is 11.6 Å². The van der Waals surface area contributed by atoms with Crippen LogP contribution in [0.25, 0.3) is 0 Å². The van der Waals surface area contributed by atoms with Gasteiger partial charge in [0.1, 0.15) is 5.75 Å². The third-order valence-corrected chi connectivity index (χ3v) is 4.15. The molecule has 0 saturated heterocycles. The molecule has 1 aromatic rings. The Kier molecular flexibility index (Phi) is 4.92. The summed E-state index contributed by atoms with van der Waals surface area (Å²) in [5, 5.41) is 9.70. The Morgan fingerprint density at radius 2 is 2.30 bits per heavy atom. The van der Waals surface area contributed by atoms with Crippen molar-refractivity contribution < 1.29 is 14.6 Å². The molecule has 2 rings (SSSR count). The van der Waals surface area contributed by atoms with Crippen molar-refractivity contribution in [2.24, 2.45) is 17.8 Å². The van der Waals surface area contributed by atoms with E-state index in [0.29, 0.717) is 17.5 Å². The molecule has 0 aromatic heterocycles. The van der Waals surface area contributed by atoms with E-state index in [1.807, 2.05) is 18.2 Å². The van der Waals surface area contributed by atoms with Gasteiger partial charge in [0, 0.05) is 5.02 Å². The summed E-state index contributed by atoms with van der Waals surface area (Å²) in [6, 6.07) is 5.67. The summed E-state index contributed by atoms with van der Waals surface area (Å²) >= 11 is 6.06. The molecule has 0 spiro atoms. The first kappa shape index (κ1) is 15.2. The second kappa shape index (κ2) is 6.49. The van der Waals surface area contributed by atoms with Crippen molar-refractivity contribution in [3.63, 3.8) is 0 Å². The number of carboxylic acid groups (broad SMARTS) is 1. The molecule has 0 amide bonds. The zero-order valence-corrected chi connectivity index (χ0v) is 12.7. The number of aliphatic carboxylic acids is 1. The summed E-state index contributed by atoms with van der Waals surface area (Å²) in [4.78, 5) is 10.9. The van der Waals surface area contributed by atoms with Gasteiger partial charge < -0.3 is 9.84 Å². The Hall–Kier alpha value is -1.22. The number of halogens is 1. The molecule has 110 valence electrons. The molecule has 0 bridgehead atoms. The van der Waals surface area contributed by atoms with E-state index in [2.05, 4.69) is 13.8 Å². The summed E-state index contributed by atoms with van der Waals surface area (Å²) in [7, 11) is 0. The van der Waals surface area contributed by atoms with E-state index in [1.54, 1.807) is 0 Å². The van der Waals surface area contributed by atoms with Gasteiger partial charge in [0.25, 0.3) is 0 Å². The Labute approximate surface area is 124 Å². The van der Waals surface area contributed by atoms with Crippen molar-refractivity contribution in [2.75, 3.05) is 6.61 Å². The number of rotatable bonds is 7. The molecule has 3 nitrogen and oxygen atoms in total. The van der Waals surface area contributed by atoms with Crippen molar-refractivity contribution in [3.05, 3.63) is 28.8 Å². The lowest BCUT2D eigenvalue weighted by Gasteiger charge is -2.15. The van der Waals surface area contributed by atoms with Crippen molar-refractivity contribution in [1.29, 1.82) is 0 Å². The van der Waals surface area contributed by atoms with E-state index in [9.17, 15) is 4.79 Å². The molecule has 1 fully saturated rings. The van der Waals surface area contributed by atoms with Crippen LogP contribution in [0.1, 0.15) is 32.3 Å². The smallest absolute Gasteiger partial charge is 0.306 e. The van der Waals surface area contributed by atoms with Crippen LogP contribution in [0, 0.1) is 17.8 Å². The lowest BCUT2D eigenvalue weighted by atomic mass is 9.95. The molecule has 3 atom stereocenters. The summed E-state index contributed by atoms with van der Waals surface area (Å²) in [5.74, 6) is 0.652. The first-order chi connectivity index (χ1) is 9.52. The van der Waals surface area contributed by atoms with Crippen molar-refractivity contribution in [1.82, 2.24) is 0 Å². The van der Waals surface area contributed by atoms with Gasteiger partial charge in [-0.2, -0.15) is 0 Å². The molecule has 20 heavy (non-hydrogen) atoms. The second-order valence-corrected chi connectivity index (χ2v) is 6.06. The van der Waals surface area contributed by atoms with E-state index in [0.717, 1.165) is 30.6 Å². The van der Waals surface area contributed by atoms with Crippen molar-refractivity contribution in [2.45, 2.75) is 33.1 Å². The first-order valence-electron chi connectivity index (χ1n) is 7.17. The van der Waals surface area contributed by atoms with Crippen LogP contribution in [0.5, 0.6) is 5.75 Å². The molecule has 1 aliphatic carbocycles. The SMILES string of the molecule is CCCOc1ccc(Cl)cc1CC(C)C1CC1C(=O)O. The molecule has 1 aliphatic rings. The van der Waals surface area contributed by atoms with Gasteiger partial charge in [-0.25, -0.2) is 0 Å². The van der Waals surface area contributed by atoms with Gasteiger partial charge in [0.15, 0.2) is 0 Å². The molecular weight excluding hydrogens is 276 g/mol. The topological polar surface area (TPSA) is 46.5 Å². The number of hydrogen-bond acceptors (Lipinski definition) is 2. The number of benzene rings is 1. The van der Waals surface area contributed by atoms with Crippen molar-refractivity contribution >= 4 is 17.6 Å². The minimum atomic E-state index is -0.671. The Bertz CT molecular complexity index is 487. The van der Waals surface area contributed by atoms with Gasteiger partial charge in [-0.05, 0) is 54.9 Å². The first-order valence-corrected chi connectivity index (χ1v) is 7.54. The molecule has 1 saturated carbocycles. The highest BCUT2D eigenvalue weighted by molar-refractivity contribution is 6.30. The fourth-order valence-electron chi connectivity index (χ4n) is 2.69. The van der Waals surface area contributed by atoms with Crippen LogP contribution in [0.2, 0.25) is 5.02 Å². The highest BCUT2D eigenvalue weighted by atomic mass is 35.5. The predicted octanol–water partition coefficient (Wildman–Crippen LogP) is 4.03. The van der Waals surface area contributed by atoms with Crippen LogP contribution < -0.4 is 4.74 Å². The van der Waals surface area contributed by atoms with Crippen LogP contribution in [-0.4, -0.2) is 17.7 Å². The Morgan fingerprint density at radius 1 is 1.55 bits per heavy atom. The molecule has 3 unspecified atom stereocenters. The maximum atomic E-state index is 10.9. The average Bonchev–Trinajstić information content (AvgIpc) is 3.18. The summed E-state index contributed by atoms with van der Waals surface area (Å²) in [5.41, 5.74) is 1.08. The van der Waals surface area contributed by atoms with E-state index in [4.69, 9.17) is 21.4 Å². The lowest BCUT2D eigenvalue weighted by molar-refractivity contribution is -0.139. The number of hydrogen-bond donors (Lipinski definition) is 1. The normalized spacial score (nSPS) is 22.4. The standard InChI is InChI=1S/C16H21ClO3/c1-3-6-20-15-5-4-12(17)8-11(15)7-10(2)13-9-14(13)16(18)19/h4-5,8,10,13-14H,3,6-7,9H2,1-2H3,(H,18,19). The molecule has 1 aromatic carbocycles. The Morgan fingerprint density at radius 3 is 2.90 bits per heavy atom. The average molecular weight is 297 g/mol. The molecule has 0 radical (unpaired) electrons. The van der Waals surface area contributed by atoms with E-state index in [1.165, 1.54) is 0 Å². The predicted molar refractivity (Wildman–Crippen MR) is 79.3 cm³/mol. The van der Waals surface area contributed by atoms with Gasteiger partial charge in [-0.15, -0.1) is 0 Å². The van der Waals surface area contributed by atoms with Crippen molar-refractivity contribution in [3.8, 4) is 5.75 Å². The van der Waals surface area contributed by atoms with Gasteiger partial charge in [0.2, 0.25) is 0 Å². The zero-order chi connectivity index (χ0) is 14.7. The monoisotopic (exact) mass is 296 g/mol. The van der Waals surface area contributed by atoms with Crippen LogP contribution in [0.3, 0.4) is 0 Å². The number of carboxylic acids is 1. The highest BCUT2D eigenvalue weighted by Crippen LogP contribution is 2.46. The van der Waals surface area contributed by atoms with Crippen LogP contribution in [0.15, 0.2) is 18.2 Å². The third-order valence-electron chi connectivity index (χ3n) is 3.91. The second-order valence-electron chi connectivity index (χ2n) is 5.63. The summed E-state index contributed by atoms with van der Waals surface area (Å²) < 4.78 is 5.74. The minimum Gasteiger partial charge on any atom is -0.493 e. The lowest BCUT2D eigenvalue weighted by Crippen LogP contribution is -2.09. The Balaban J connectivity index is 2.04. The van der Waals surface area contributed by atoms with Gasteiger partial charge >= 0.3 is 5.97 Å². The highest BCUT2D eigenvalue weighted by Gasteiger charge is 2.46. The fourth-order valence-corrected chi connectivity index (χ4v) is 2.88.